The van der Waals surface area contributed by atoms with E-state index in [0.29, 0.717) is 13.1 Å². The fourth-order valence-electron chi connectivity index (χ4n) is 1.83. The highest BCUT2D eigenvalue weighted by atomic mass is 32.2. The zero-order valence-electron chi connectivity index (χ0n) is 11.3. The normalized spacial score (nSPS) is 26.5. The van der Waals surface area contributed by atoms with Gasteiger partial charge in [-0.2, -0.15) is 12.7 Å². The van der Waals surface area contributed by atoms with Crippen LogP contribution >= 0.6 is 0 Å². The number of hydrogen-bond donors (Lipinski definition) is 2. The molecule has 0 aromatic rings. The summed E-state index contributed by atoms with van der Waals surface area (Å²) in [5, 5.41) is 0. The third-order valence-corrected chi connectivity index (χ3v) is 4.78. The maximum atomic E-state index is 12.0. The van der Waals surface area contributed by atoms with Crippen molar-refractivity contribution in [2.24, 2.45) is 0 Å². The van der Waals surface area contributed by atoms with Crippen LogP contribution in [0.4, 0.5) is 0 Å². The molecule has 8 nitrogen and oxygen atoms in total. The molecule has 1 rings (SSSR count). The Morgan fingerprint density at radius 2 is 1.53 bits per heavy atom. The first-order valence-corrected chi connectivity index (χ1v) is 9.28. The van der Waals surface area contributed by atoms with Gasteiger partial charge in [0.1, 0.15) is 0 Å². The van der Waals surface area contributed by atoms with Crippen LogP contribution in [0.2, 0.25) is 0 Å². The molecule has 2 unspecified atom stereocenters. The van der Waals surface area contributed by atoms with Crippen LogP contribution in [0.15, 0.2) is 0 Å². The van der Waals surface area contributed by atoms with Gasteiger partial charge >= 0.3 is 0 Å². The van der Waals surface area contributed by atoms with Crippen molar-refractivity contribution in [1.82, 2.24) is 13.7 Å². The lowest BCUT2D eigenvalue weighted by Crippen LogP contribution is -2.52. The second-order valence-corrected chi connectivity index (χ2v) is 8.23. The molecule has 1 saturated heterocycles. The molecule has 2 N–H and O–H groups in total. The van der Waals surface area contributed by atoms with Crippen LogP contribution in [0, 0.1) is 0 Å². The lowest BCUT2D eigenvalue weighted by atomic mass is 10.3. The second-order valence-electron chi connectivity index (χ2n) is 4.64. The minimum atomic E-state index is -3.60. The average molecular weight is 315 g/mol. The number of ether oxygens (including phenoxy) is 1. The molecule has 1 aliphatic heterocycles. The summed E-state index contributed by atoms with van der Waals surface area (Å²) in [5.74, 6) is 0. The topological polar surface area (TPSA) is 105 Å². The molecule has 114 valence electrons. The highest BCUT2D eigenvalue weighted by Crippen LogP contribution is 2.13. The van der Waals surface area contributed by atoms with E-state index in [0.717, 1.165) is 6.26 Å². The van der Waals surface area contributed by atoms with Crippen molar-refractivity contribution in [3.63, 3.8) is 0 Å². The van der Waals surface area contributed by atoms with Crippen molar-refractivity contribution in [2.45, 2.75) is 26.1 Å². The van der Waals surface area contributed by atoms with Crippen LogP contribution < -0.4 is 9.44 Å². The van der Waals surface area contributed by atoms with Gasteiger partial charge in [-0.25, -0.2) is 17.9 Å². The van der Waals surface area contributed by atoms with Gasteiger partial charge in [-0.3, -0.25) is 0 Å². The van der Waals surface area contributed by atoms with E-state index >= 15 is 0 Å². The minimum Gasteiger partial charge on any atom is -0.373 e. The van der Waals surface area contributed by atoms with Gasteiger partial charge in [-0.1, -0.05) is 0 Å². The van der Waals surface area contributed by atoms with Crippen LogP contribution in [-0.2, 0) is 25.0 Å². The van der Waals surface area contributed by atoms with Gasteiger partial charge < -0.3 is 4.74 Å². The SMILES string of the molecule is CC1CN(S(=O)(=O)NCCNS(C)(=O)=O)CC(C)O1. The molecule has 0 aromatic heterocycles. The first kappa shape index (κ1) is 16.8. The van der Waals surface area contributed by atoms with E-state index in [1.165, 1.54) is 4.31 Å². The predicted molar refractivity (Wildman–Crippen MR) is 71.4 cm³/mol. The Hall–Kier alpha value is -0.260. The molecule has 1 fully saturated rings. The molecule has 0 spiro atoms. The van der Waals surface area contributed by atoms with Crippen molar-refractivity contribution in [3.8, 4) is 0 Å². The van der Waals surface area contributed by atoms with Crippen LogP contribution in [0.25, 0.3) is 0 Å². The monoisotopic (exact) mass is 315 g/mol. The Bertz CT molecular complexity index is 480. The van der Waals surface area contributed by atoms with E-state index in [9.17, 15) is 16.8 Å². The molecule has 0 aliphatic carbocycles. The first-order chi connectivity index (χ1) is 8.60. The number of sulfonamides is 1. The lowest BCUT2D eigenvalue weighted by Gasteiger charge is -2.34. The molecule has 0 aromatic carbocycles. The summed E-state index contributed by atoms with van der Waals surface area (Å²) in [6, 6.07) is 0. The number of hydrogen-bond acceptors (Lipinski definition) is 5. The van der Waals surface area contributed by atoms with E-state index < -0.39 is 20.2 Å². The second kappa shape index (κ2) is 6.46. The molecule has 0 radical (unpaired) electrons. The summed E-state index contributed by atoms with van der Waals surface area (Å²) >= 11 is 0. The fraction of sp³-hybridized carbons (Fsp3) is 1.00. The molecular weight excluding hydrogens is 294 g/mol. The number of nitrogens with one attached hydrogen (secondary N) is 2. The highest BCUT2D eigenvalue weighted by Gasteiger charge is 2.30. The van der Waals surface area contributed by atoms with E-state index in [-0.39, 0.29) is 25.3 Å². The van der Waals surface area contributed by atoms with Crippen molar-refractivity contribution >= 4 is 20.2 Å². The molecule has 0 bridgehead atoms. The van der Waals surface area contributed by atoms with Crippen LogP contribution in [0.5, 0.6) is 0 Å². The van der Waals surface area contributed by atoms with Gasteiger partial charge in [0.15, 0.2) is 0 Å². The lowest BCUT2D eigenvalue weighted by molar-refractivity contribution is -0.0443. The van der Waals surface area contributed by atoms with Crippen molar-refractivity contribution in [2.75, 3.05) is 32.4 Å². The van der Waals surface area contributed by atoms with Gasteiger partial charge in [0.2, 0.25) is 10.0 Å². The van der Waals surface area contributed by atoms with Crippen molar-refractivity contribution in [1.29, 1.82) is 0 Å². The van der Waals surface area contributed by atoms with E-state index in [2.05, 4.69) is 9.44 Å². The third-order valence-electron chi connectivity index (χ3n) is 2.50. The quantitative estimate of drug-likeness (QED) is 0.579. The smallest absolute Gasteiger partial charge is 0.279 e. The third kappa shape index (κ3) is 6.15. The Labute approximate surface area is 114 Å². The fourth-order valence-corrected chi connectivity index (χ4v) is 3.66. The molecule has 2 atom stereocenters. The Morgan fingerprint density at radius 1 is 1.05 bits per heavy atom. The largest absolute Gasteiger partial charge is 0.373 e. The zero-order valence-corrected chi connectivity index (χ0v) is 12.9. The van der Waals surface area contributed by atoms with Gasteiger partial charge in [0.25, 0.3) is 10.2 Å². The van der Waals surface area contributed by atoms with Crippen LogP contribution in [-0.4, -0.2) is 65.8 Å². The zero-order chi connectivity index (χ0) is 14.7. The van der Waals surface area contributed by atoms with Gasteiger partial charge in [0, 0.05) is 26.2 Å². The molecule has 1 heterocycles. The van der Waals surface area contributed by atoms with Gasteiger partial charge in [-0.05, 0) is 13.8 Å². The van der Waals surface area contributed by atoms with Gasteiger partial charge in [0.05, 0.1) is 18.5 Å². The maximum absolute atomic E-state index is 12.0. The maximum Gasteiger partial charge on any atom is 0.279 e. The first-order valence-electron chi connectivity index (χ1n) is 5.95. The van der Waals surface area contributed by atoms with E-state index in [1.807, 2.05) is 13.8 Å². The Balaban J connectivity index is 2.47. The molecule has 0 saturated carbocycles. The minimum absolute atomic E-state index is 0.00945. The summed E-state index contributed by atoms with van der Waals surface area (Å²) in [6.45, 7) is 4.23. The van der Waals surface area contributed by atoms with Crippen molar-refractivity contribution in [3.05, 3.63) is 0 Å². The average Bonchev–Trinajstić information content (AvgIpc) is 2.22. The molecule has 0 amide bonds. The molecule has 1 aliphatic rings. The summed E-state index contributed by atoms with van der Waals surface area (Å²) in [6.07, 6.45) is 0.705. The summed E-state index contributed by atoms with van der Waals surface area (Å²) in [7, 11) is -6.90. The summed E-state index contributed by atoms with van der Waals surface area (Å²) in [4.78, 5) is 0. The summed E-state index contributed by atoms with van der Waals surface area (Å²) < 4.78 is 57.0. The summed E-state index contributed by atoms with van der Waals surface area (Å²) in [5.41, 5.74) is 0. The predicted octanol–water partition coefficient (Wildman–Crippen LogP) is -1.52. The molecule has 19 heavy (non-hydrogen) atoms. The van der Waals surface area contributed by atoms with E-state index in [1.54, 1.807) is 0 Å². The van der Waals surface area contributed by atoms with E-state index in [4.69, 9.17) is 4.74 Å². The van der Waals surface area contributed by atoms with Crippen molar-refractivity contribution < 1.29 is 21.6 Å². The standard InChI is InChI=1S/C9H21N3O5S2/c1-8-6-12(7-9(2)17-8)19(15,16)11-5-4-10-18(3,13)14/h8-11H,4-7H2,1-3H3. The Kier molecular flexibility index (Phi) is 5.71. The highest BCUT2D eigenvalue weighted by molar-refractivity contribution is 7.88. The van der Waals surface area contributed by atoms with Crippen LogP contribution in [0.3, 0.4) is 0 Å². The molecule has 10 heteroatoms. The number of nitrogens with zero attached hydrogens (tertiary/aromatic N) is 1. The number of morpholine rings is 1. The van der Waals surface area contributed by atoms with Crippen LogP contribution in [0.1, 0.15) is 13.8 Å². The van der Waals surface area contributed by atoms with Gasteiger partial charge in [-0.15, -0.1) is 0 Å². The Morgan fingerprint density at radius 3 is 2.00 bits per heavy atom. The molecular formula is C9H21N3O5S2. The number of rotatable bonds is 6.